The molecule has 0 heterocycles. The van der Waals surface area contributed by atoms with Crippen molar-refractivity contribution in [2.24, 2.45) is 0 Å². The van der Waals surface area contributed by atoms with Crippen LogP contribution in [-0.4, -0.2) is 52.3 Å². The van der Waals surface area contributed by atoms with Crippen LogP contribution >= 0.6 is 0 Å². The molecule has 41 heavy (non-hydrogen) atoms. The predicted molar refractivity (Wildman–Crippen MR) is 145 cm³/mol. The van der Waals surface area contributed by atoms with Crippen LogP contribution in [0.25, 0.3) is 0 Å². The fourth-order valence-electron chi connectivity index (χ4n) is 3.97. The lowest BCUT2D eigenvalue weighted by atomic mass is 9.94. The molecule has 0 unspecified atom stereocenters. The minimum atomic E-state index is -5.08. The normalized spacial score (nSPS) is 13.7. The van der Waals surface area contributed by atoms with Gasteiger partial charge in [0, 0.05) is 18.3 Å². The first-order chi connectivity index (χ1) is 19.3. The lowest BCUT2D eigenvalue weighted by molar-refractivity contribution is -0.192. The first kappa shape index (κ1) is 31.3. The van der Waals surface area contributed by atoms with Gasteiger partial charge < -0.3 is 19.9 Å². The summed E-state index contributed by atoms with van der Waals surface area (Å²) in [6.45, 7) is 0.574. The first-order valence-electron chi connectivity index (χ1n) is 12.3. The fraction of sp³-hybridized carbons (Fsp3) is 0.286. The van der Waals surface area contributed by atoms with Crippen LogP contribution < -0.4 is 19.5 Å². The van der Waals surface area contributed by atoms with Gasteiger partial charge in [-0.2, -0.15) is 13.2 Å². The summed E-state index contributed by atoms with van der Waals surface area (Å²) in [5, 5.41) is 10.2. The molecule has 220 valence electrons. The van der Waals surface area contributed by atoms with Crippen molar-refractivity contribution in [1.82, 2.24) is 5.32 Å². The van der Waals surface area contributed by atoms with E-state index in [1.165, 1.54) is 25.8 Å². The summed E-state index contributed by atoms with van der Waals surface area (Å²) in [6, 6.07) is 21.6. The van der Waals surface area contributed by atoms with Crippen LogP contribution in [0, 0.1) is 0 Å². The third kappa shape index (κ3) is 8.13. The highest BCUT2D eigenvalue weighted by molar-refractivity contribution is 7.92. The van der Waals surface area contributed by atoms with E-state index in [1.54, 1.807) is 24.3 Å². The Morgan fingerprint density at radius 1 is 0.951 bits per heavy atom. The Labute approximate surface area is 235 Å². The van der Waals surface area contributed by atoms with Gasteiger partial charge in [-0.3, -0.25) is 9.52 Å². The Bertz CT molecular complexity index is 1460. The van der Waals surface area contributed by atoms with Gasteiger partial charge in [-0.05, 0) is 54.7 Å². The summed E-state index contributed by atoms with van der Waals surface area (Å²) in [5.74, 6) is -2.12. The number of carbonyl (C=O) groups excluding carboxylic acids is 1. The largest absolute Gasteiger partial charge is 0.497 e. The van der Waals surface area contributed by atoms with E-state index in [0.717, 1.165) is 24.8 Å². The number of rotatable bonds is 10. The van der Waals surface area contributed by atoms with Gasteiger partial charge in [0.25, 0.3) is 10.0 Å². The van der Waals surface area contributed by atoms with E-state index in [2.05, 4.69) is 10.0 Å². The molecule has 3 N–H and O–H groups in total. The van der Waals surface area contributed by atoms with E-state index in [-0.39, 0.29) is 16.6 Å². The molecule has 3 aromatic rings. The van der Waals surface area contributed by atoms with Crippen molar-refractivity contribution in [1.29, 1.82) is 0 Å². The van der Waals surface area contributed by atoms with E-state index >= 15 is 0 Å². The van der Waals surface area contributed by atoms with Crippen molar-refractivity contribution in [3.63, 3.8) is 0 Å². The molecule has 0 saturated heterocycles. The third-order valence-electron chi connectivity index (χ3n) is 6.32. The van der Waals surface area contributed by atoms with E-state index < -0.39 is 27.6 Å². The molecule has 0 aliphatic heterocycles. The van der Waals surface area contributed by atoms with Crippen LogP contribution in [0.4, 0.5) is 18.9 Å². The Morgan fingerprint density at radius 3 is 2.07 bits per heavy atom. The number of carbonyl (C=O) groups is 2. The van der Waals surface area contributed by atoms with Crippen LogP contribution in [0.2, 0.25) is 0 Å². The van der Waals surface area contributed by atoms with E-state index in [1.807, 2.05) is 42.5 Å². The highest BCUT2D eigenvalue weighted by Crippen LogP contribution is 2.48. The maximum atomic E-state index is 13.0. The summed E-state index contributed by atoms with van der Waals surface area (Å²) >= 11 is 0. The summed E-state index contributed by atoms with van der Waals surface area (Å²) in [4.78, 5) is 21.8. The van der Waals surface area contributed by atoms with Crippen LogP contribution in [0.5, 0.6) is 11.5 Å². The molecule has 1 fully saturated rings. The van der Waals surface area contributed by atoms with Crippen molar-refractivity contribution in [2.75, 3.05) is 25.5 Å². The van der Waals surface area contributed by atoms with Gasteiger partial charge in [0.15, 0.2) is 0 Å². The van der Waals surface area contributed by atoms with Crippen molar-refractivity contribution >= 4 is 27.6 Å². The minimum Gasteiger partial charge on any atom is -0.497 e. The number of hydrogen-bond donors (Lipinski definition) is 3. The molecule has 0 aromatic heterocycles. The van der Waals surface area contributed by atoms with Gasteiger partial charge in [0.05, 0.1) is 19.6 Å². The Kier molecular flexibility index (Phi) is 9.87. The van der Waals surface area contributed by atoms with Gasteiger partial charge in [-0.1, -0.05) is 42.5 Å². The number of aliphatic carboxylic acids is 1. The summed E-state index contributed by atoms with van der Waals surface area (Å²) < 4.78 is 70.6. The van der Waals surface area contributed by atoms with Gasteiger partial charge in [-0.25, -0.2) is 13.2 Å². The average Bonchev–Trinajstić information content (AvgIpc) is 3.75. The average molecular weight is 595 g/mol. The zero-order chi connectivity index (χ0) is 30.3. The maximum absolute atomic E-state index is 13.0. The number of carboxylic acids is 1. The molecule has 1 amide bonds. The van der Waals surface area contributed by atoms with Crippen molar-refractivity contribution in [3.8, 4) is 11.5 Å². The third-order valence-corrected chi connectivity index (χ3v) is 7.72. The molecule has 9 nitrogen and oxygen atoms in total. The number of carboxylic acid groups (broad SMARTS) is 1. The second kappa shape index (κ2) is 12.9. The molecule has 3 aromatic carbocycles. The van der Waals surface area contributed by atoms with Crippen LogP contribution in [0.3, 0.4) is 0 Å². The highest BCUT2D eigenvalue weighted by Gasteiger charge is 2.51. The van der Waals surface area contributed by atoms with Crippen LogP contribution in [0.15, 0.2) is 77.7 Å². The molecule has 0 bridgehead atoms. The van der Waals surface area contributed by atoms with Crippen molar-refractivity contribution in [3.05, 3.63) is 83.9 Å². The lowest BCUT2D eigenvalue weighted by Gasteiger charge is -2.17. The molecule has 0 radical (unpaired) electrons. The van der Waals surface area contributed by atoms with Crippen molar-refractivity contribution in [2.45, 2.75) is 35.7 Å². The number of benzene rings is 3. The standard InChI is InChI=1S/C26H28N2O5S.C2HF3O2/c1-32-22-12-13-23(33-2)24(18-22)34(30,31)28-21-10-8-20(9-11-21)26(15-16-26)25(29)27-17-14-19-6-4-3-5-7-19;3-2(4,5)1(6)7/h3-13,18,28H,14-17H2,1-2H3,(H,27,29);(H,6,7). The molecule has 0 spiro atoms. The molecule has 0 atom stereocenters. The minimum absolute atomic E-state index is 0.0119. The summed E-state index contributed by atoms with van der Waals surface area (Å²) in [6.07, 6.45) is -2.76. The predicted octanol–water partition coefficient (Wildman–Crippen LogP) is 4.53. The number of alkyl halides is 3. The zero-order valence-corrected chi connectivity index (χ0v) is 23.0. The number of sulfonamides is 1. The summed E-state index contributed by atoms with van der Waals surface area (Å²) in [7, 11) is -1.03. The van der Waals surface area contributed by atoms with Crippen molar-refractivity contribution < 1.29 is 45.8 Å². The van der Waals surface area contributed by atoms with Gasteiger partial charge in [-0.15, -0.1) is 0 Å². The zero-order valence-electron chi connectivity index (χ0n) is 22.2. The first-order valence-corrected chi connectivity index (χ1v) is 13.8. The molecule has 1 saturated carbocycles. The SMILES string of the molecule is COc1ccc(OC)c(S(=O)(=O)Nc2ccc(C3(C(=O)NCCc4ccccc4)CC3)cc2)c1.O=C(O)C(F)(F)F. The number of anilines is 1. The Morgan fingerprint density at radius 2 is 1.56 bits per heavy atom. The number of amides is 1. The number of halogens is 3. The Hall–Kier alpha value is -4.26. The van der Waals surface area contributed by atoms with E-state index in [9.17, 15) is 26.4 Å². The Balaban J connectivity index is 0.000000587. The molecular formula is C28H29F3N2O7S. The van der Waals surface area contributed by atoms with E-state index in [4.69, 9.17) is 19.4 Å². The smallest absolute Gasteiger partial charge is 0.490 e. The quantitative estimate of drug-likeness (QED) is 0.314. The maximum Gasteiger partial charge on any atom is 0.490 e. The number of ether oxygens (including phenoxy) is 2. The number of nitrogens with one attached hydrogen (secondary N) is 2. The second-order valence-corrected chi connectivity index (χ2v) is 10.7. The summed E-state index contributed by atoms with van der Waals surface area (Å²) in [5.41, 5.74) is 1.92. The van der Waals surface area contributed by atoms with Gasteiger partial charge in [0.2, 0.25) is 5.91 Å². The van der Waals surface area contributed by atoms with Crippen LogP contribution in [-0.2, 0) is 31.4 Å². The molecule has 4 rings (SSSR count). The molecule has 1 aliphatic carbocycles. The van der Waals surface area contributed by atoms with E-state index in [0.29, 0.717) is 18.0 Å². The lowest BCUT2D eigenvalue weighted by Crippen LogP contribution is -2.35. The second-order valence-electron chi connectivity index (χ2n) is 9.08. The number of hydrogen-bond acceptors (Lipinski definition) is 6. The fourth-order valence-corrected chi connectivity index (χ4v) is 5.21. The molecular weight excluding hydrogens is 565 g/mol. The topological polar surface area (TPSA) is 131 Å². The number of methoxy groups -OCH3 is 2. The monoisotopic (exact) mass is 594 g/mol. The molecule has 13 heteroatoms. The van der Waals surface area contributed by atoms with Gasteiger partial charge >= 0.3 is 12.1 Å². The van der Waals surface area contributed by atoms with Crippen LogP contribution in [0.1, 0.15) is 24.0 Å². The highest BCUT2D eigenvalue weighted by atomic mass is 32.2. The molecule has 1 aliphatic rings. The van der Waals surface area contributed by atoms with Gasteiger partial charge in [0.1, 0.15) is 16.4 Å².